The summed E-state index contributed by atoms with van der Waals surface area (Å²) in [6.07, 6.45) is 2.83. The van der Waals surface area contributed by atoms with E-state index in [0.717, 1.165) is 10.5 Å². The standard InChI is InChI=1S/C15H16N2O5/c18-11(7-6-10-4-2-1-3-5-10)17-9-8-16-12(14(19)20)13(17)15(21)22/h1-7,12-13,16H,8-9H2,(H,19,20)(H,21,22)/b7-6+/t12-,13+/m0/s1. The number of nitrogens with zero attached hydrogens (tertiary/aromatic N) is 1. The van der Waals surface area contributed by atoms with Crippen LogP contribution in [-0.4, -0.2) is 58.1 Å². The SMILES string of the molecule is O=C(O)[C@H]1NCCN(C(=O)/C=C/c2ccccc2)[C@H]1C(=O)O. The van der Waals surface area contributed by atoms with Gasteiger partial charge in [0.15, 0.2) is 6.04 Å². The van der Waals surface area contributed by atoms with Crippen LogP contribution < -0.4 is 5.32 Å². The van der Waals surface area contributed by atoms with Gasteiger partial charge >= 0.3 is 11.9 Å². The molecule has 116 valence electrons. The van der Waals surface area contributed by atoms with Crippen LogP contribution in [0.15, 0.2) is 36.4 Å². The molecule has 7 nitrogen and oxygen atoms in total. The summed E-state index contributed by atoms with van der Waals surface area (Å²) >= 11 is 0. The molecular weight excluding hydrogens is 288 g/mol. The van der Waals surface area contributed by atoms with Crippen molar-refractivity contribution in [2.75, 3.05) is 13.1 Å². The monoisotopic (exact) mass is 304 g/mol. The second-order valence-corrected chi connectivity index (χ2v) is 4.83. The van der Waals surface area contributed by atoms with E-state index in [0.29, 0.717) is 0 Å². The Labute approximate surface area is 126 Å². The smallest absolute Gasteiger partial charge is 0.328 e. The number of hydrogen-bond donors (Lipinski definition) is 3. The van der Waals surface area contributed by atoms with Gasteiger partial charge in [0, 0.05) is 19.2 Å². The van der Waals surface area contributed by atoms with Gasteiger partial charge in [-0.2, -0.15) is 0 Å². The number of aliphatic carboxylic acids is 2. The molecule has 2 atom stereocenters. The van der Waals surface area contributed by atoms with E-state index in [9.17, 15) is 19.5 Å². The summed E-state index contributed by atoms with van der Waals surface area (Å²) < 4.78 is 0. The largest absolute Gasteiger partial charge is 0.480 e. The van der Waals surface area contributed by atoms with E-state index in [-0.39, 0.29) is 13.1 Å². The number of rotatable bonds is 4. The van der Waals surface area contributed by atoms with Gasteiger partial charge in [0.2, 0.25) is 5.91 Å². The highest BCUT2D eigenvalue weighted by molar-refractivity contribution is 5.96. The zero-order chi connectivity index (χ0) is 16.1. The molecule has 0 aliphatic carbocycles. The molecule has 22 heavy (non-hydrogen) atoms. The Morgan fingerprint density at radius 1 is 1.14 bits per heavy atom. The summed E-state index contributed by atoms with van der Waals surface area (Å²) in [5.41, 5.74) is 0.799. The summed E-state index contributed by atoms with van der Waals surface area (Å²) in [6.45, 7) is 0.365. The van der Waals surface area contributed by atoms with Gasteiger partial charge in [-0.15, -0.1) is 0 Å². The average Bonchev–Trinajstić information content (AvgIpc) is 2.52. The second-order valence-electron chi connectivity index (χ2n) is 4.83. The molecule has 0 radical (unpaired) electrons. The Hall–Kier alpha value is -2.67. The third-order valence-corrected chi connectivity index (χ3v) is 3.39. The van der Waals surface area contributed by atoms with E-state index >= 15 is 0 Å². The Bertz CT molecular complexity index is 599. The molecule has 1 aliphatic rings. The maximum absolute atomic E-state index is 12.2. The van der Waals surface area contributed by atoms with Crippen molar-refractivity contribution < 1.29 is 24.6 Å². The van der Waals surface area contributed by atoms with Gasteiger partial charge in [-0.25, -0.2) is 4.79 Å². The molecule has 1 fully saturated rings. The van der Waals surface area contributed by atoms with E-state index < -0.39 is 29.9 Å². The molecule has 3 N–H and O–H groups in total. The molecule has 2 rings (SSSR count). The minimum Gasteiger partial charge on any atom is -0.480 e. The highest BCUT2D eigenvalue weighted by atomic mass is 16.4. The lowest BCUT2D eigenvalue weighted by Gasteiger charge is -2.36. The van der Waals surface area contributed by atoms with Crippen molar-refractivity contribution in [3.8, 4) is 0 Å². The predicted molar refractivity (Wildman–Crippen MR) is 78.0 cm³/mol. The number of amides is 1. The molecule has 0 aromatic heterocycles. The first-order valence-corrected chi connectivity index (χ1v) is 6.73. The number of carboxylic acids is 2. The highest BCUT2D eigenvalue weighted by Crippen LogP contribution is 2.12. The van der Waals surface area contributed by atoms with E-state index in [1.165, 1.54) is 6.08 Å². The summed E-state index contributed by atoms with van der Waals surface area (Å²) in [5, 5.41) is 20.9. The van der Waals surface area contributed by atoms with Gasteiger partial charge in [0.1, 0.15) is 6.04 Å². The first-order valence-electron chi connectivity index (χ1n) is 6.73. The maximum Gasteiger partial charge on any atom is 0.328 e. The first-order chi connectivity index (χ1) is 10.5. The number of carboxylic acid groups (broad SMARTS) is 2. The summed E-state index contributed by atoms with van der Waals surface area (Å²) in [7, 11) is 0. The Morgan fingerprint density at radius 2 is 1.82 bits per heavy atom. The minimum atomic E-state index is -1.43. The van der Waals surface area contributed by atoms with Crippen LogP contribution in [0.2, 0.25) is 0 Å². The molecule has 1 aliphatic heterocycles. The topological polar surface area (TPSA) is 107 Å². The lowest BCUT2D eigenvalue weighted by Crippen LogP contribution is -2.64. The maximum atomic E-state index is 12.2. The Morgan fingerprint density at radius 3 is 2.41 bits per heavy atom. The first kappa shape index (κ1) is 15.7. The van der Waals surface area contributed by atoms with Gasteiger partial charge in [-0.1, -0.05) is 30.3 Å². The van der Waals surface area contributed by atoms with Gasteiger partial charge in [-0.05, 0) is 11.6 Å². The summed E-state index contributed by atoms with van der Waals surface area (Å²) in [4.78, 5) is 35.7. The lowest BCUT2D eigenvalue weighted by atomic mass is 10.0. The Kier molecular flexibility index (Phi) is 4.90. The van der Waals surface area contributed by atoms with Crippen molar-refractivity contribution in [3.63, 3.8) is 0 Å². The highest BCUT2D eigenvalue weighted by Gasteiger charge is 2.42. The van der Waals surface area contributed by atoms with E-state index in [4.69, 9.17) is 5.11 Å². The zero-order valence-electron chi connectivity index (χ0n) is 11.7. The van der Waals surface area contributed by atoms with Crippen LogP contribution in [0.5, 0.6) is 0 Å². The van der Waals surface area contributed by atoms with Crippen LogP contribution in [0.1, 0.15) is 5.56 Å². The second kappa shape index (κ2) is 6.86. The summed E-state index contributed by atoms with van der Waals surface area (Å²) in [5.74, 6) is -3.16. The minimum absolute atomic E-state index is 0.138. The van der Waals surface area contributed by atoms with Crippen LogP contribution in [0.4, 0.5) is 0 Å². The zero-order valence-corrected chi connectivity index (χ0v) is 11.7. The van der Waals surface area contributed by atoms with Crippen molar-refractivity contribution >= 4 is 23.9 Å². The molecular formula is C15H16N2O5. The molecule has 1 heterocycles. The van der Waals surface area contributed by atoms with Crippen LogP contribution in [0.25, 0.3) is 6.08 Å². The van der Waals surface area contributed by atoms with E-state index in [1.54, 1.807) is 18.2 Å². The molecule has 0 saturated carbocycles. The fourth-order valence-corrected chi connectivity index (χ4v) is 2.34. The molecule has 1 aromatic carbocycles. The number of benzene rings is 1. The van der Waals surface area contributed by atoms with E-state index in [2.05, 4.69) is 5.32 Å². The number of nitrogens with one attached hydrogen (secondary N) is 1. The van der Waals surface area contributed by atoms with Crippen molar-refractivity contribution in [1.82, 2.24) is 10.2 Å². The van der Waals surface area contributed by atoms with E-state index in [1.807, 2.05) is 18.2 Å². The molecule has 0 bridgehead atoms. The fourth-order valence-electron chi connectivity index (χ4n) is 2.34. The van der Waals surface area contributed by atoms with Gasteiger partial charge in [0.05, 0.1) is 0 Å². The quantitative estimate of drug-likeness (QED) is 0.678. The van der Waals surface area contributed by atoms with Crippen molar-refractivity contribution in [2.45, 2.75) is 12.1 Å². The number of carbonyl (C=O) groups excluding carboxylic acids is 1. The van der Waals surface area contributed by atoms with Gasteiger partial charge in [0.25, 0.3) is 0 Å². The third kappa shape index (κ3) is 3.50. The van der Waals surface area contributed by atoms with Crippen molar-refractivity contribution in [3.05, 3.63) is 42.0 Å². The molecule has 1 amide bonds. The average molecular weight is 304 g/mol. The number of carbonyl (C=O) groups is 3. The van der Waals surface area contributed by atoms with Gasteiger partial charge in [-0.3, -0.25) is 9.59 Å². The van der Waals surface area contributed by atoms with Crippen molar-refractivity contribution in [1.29, 1.82) is 0 Å². The fraction of sp³-hybridized carbons (Fsp3) is 0.267. The van der Waals surface area contributed by atoms with Crippen LogP contribution in [0.3, 0.4) is 0 Å². The van der Waals surface area contributed by atoms with Crippen LogP contribution in [-0.2, 0) is 14.4 Å². The summed E-state index contributed by atoms with van der Waals surface area (Å²) in [6, 6.07) is 6.32. The Balaban J connectivity index is 2.17. The molecule has 0 spiro atoms. The predicted octanol–water partition coefficient (Wildman–Crippen LogP) is 0.0380. The van der Waals surface area contributed by atoms with Gasteiger partial charge < -0.3 is 20.4 Å². The molecule has 1 saturated heterocycles. The molecule has 1 aromatic rings. The van der Waals surface area contributed by atoms with Crippen LogP contribution in [0, 0.1) is 0 Å². The molecule has 7 heteroatoms. The number of hydrogen-bond acceptors (Lipinski definition) is 4. The lowest BCUT2D eigenvalue weighted by molar-refractivity contribution is -0.157. The molecule has 0 unspecified atom stereocenters. The third-order valence-electron chi connectivity index (χ3n) is 3.39. The van der Waals surface area contributed by atoms with Crippen molar-refractivity contribution in [2.24, 2.45) is 0 Å². The normalized spacial score (nSPS) is 21.7. The number of piperazine rings is 1. The van der Waals surface area contributed by atoms with Crippen LogP contribution >= 0.6 is 0 Å².